The number of nitrogens with two attached hydrogens (primary N) is 1. The Morgan fingerprint density at radius 1 is 1.53 bits per heavy atom. The number of nitrogens with zero attached hydrogens (tertiary/aromatic N) is 1. The minimum absolute atomic E-state index is 0.219. The maximum absolute atomic E-state index is 12.2. The minimum atomic E-state index is 0.219. The molecule has 0 aromatic heterocycles. The molecule has 1 fully saturated rings. The van der Waals surface area contributed by atoms with Gasteiger partial charge in [0.15, 0.2) is 0 Å². The number of thioether (sulfide) groups is 1. The van der Waals surface area contributed by atoms with Crippen LogP contribution >= 0.6 is 27.7 Å². The van der Waals surface area contributed by atoms with Gasteiger partial charge in [0.25, 0.3) is 0 Å². The van der Waals surface area contributed by atoms with E-state index < -0.39 is 0 Å². The Balaban J connectivity index is 1.94. The van der Waals surface area contributed by atoms with Crippen molar-refractivity contribution in [2.45, 2.75) is 37.1 Å². The summed E-state index contributed by atoms with van der Waals surface area (Å²) < 4.78 is 0.989. The van der Waals surface area contributed by atoms with Crippen LogP contribution in [-0.2, 0) is 4.79 Å². The third-order valence-corrected chi connectivity index (χ3v) is 5.00. The maximum atomic E-state index is 12.2. The number of nitrogen functional groups attached to an aromatic ring is 1. The number of likely N-dealkylation sites (tertiary alicyclic amines) is 1. The summed E-state index contributed by atoms with van der Waals surface area (Å²) in [6.45, 7) is 3.03. The predicted octanol–water partition coefficient (Wildman–Crippen LogP) is 3.52. The topological polar surface area (TPSA) is 46.3 Å². The van der Waals surface area contributed by atoms with Gasteiger partial charge in [0.2, 0.25) is 5.91 Å². The molecule has 1 unspecified atom stereocenters. The number of carbonyl (C=O) groups excluding carboxylic acids is 1. The largest absolute Gasteiger partial charge is 0.398 e. The van der Waals surface area contributed by atoms with Crippen LogP contribution in [0.15, 0.2) is 27.6 Å². The second-order valence-electron chi connectivity index (χ2n) is 4.90. The van der Waals surface area contributed by atoms with Gasteiger partial charge >= 0.3 is 0 Å². The highest BCUT2D eigenvalue weighted by Gasteiger charge is 2.23. The van der Waals surface area contributed by atoms with Gasteiger partial charge in [-0.05, 0) is 44.4 Å². The van der Waals surface area contributed by atoms with E-state index in [9.17, 15) is 4.79 Å². The van der Waals surface area contributed by atoms with Crippen LogP contribution in [0.3, 0.4) is 0 Å². The van der Waals surface area contributed by atoms with Crippen molar-refractivity contribution < 1.29 is 4.79 Å². The van der Waals surface area contributed by atoms with Gasteiger partial charge in [0, 0.05) is 27.6 Å². The highest BCUT2D eigenvalue weighted by molar-refractivity contribution is 9.10. The molecule has 5 heteroatoms. The van der Waals surface area contributed by atoms with Crippen LogP contribution in [0.4, 0.5) is 5.69 Å². The van der Waals surface area contributed by atoms with Gasteiger partial charge in [-0.3, -0.25) is 4.79 Å². The van der Waals surface area contributed by atoms with Crippen LogP contribution in [0.1, 0.15) is 26.2 Å². The molecule has 1 aliphatic heterocycles. The molecule has 2 rings (SSSR count). The zero-order valence-electron chi connectivity index (χ0n) is 11.1. The molecule has 1 atom stereocenters. The van der Waals surface area contributed by atoms with E-state index in [0.29, 0.717) is 11.8 Å². The number of halogens is 1. The molecule has 2 N–H and O–H groups in total. The molecule has 1 aromatic carbocycles. The van der Waals surface area contributed by atoms with E-state index in [4.69, 9.17) is 5.73 Å². The van der Waals surface area contributed by atoms with Crippen molar-refractivity contribution in [3.05, 3.63) is 22.7 Å². The highest BCUT2D eigenvalue weighted by Crippen LogP contribution is 2.29. The lowest BCUT2D eigenvalue weighted by Crippen LogP contribution is -2.42. The second kappa shape index (κ2) is 6.66. The Labute approximate surface area is 127 Å². The number of hydrogen-bond acceptors (Lipinski definition) is 3. The number of amides is 1. The van der Waals surface area contributed by atoms with E-state index in [1.165, 1.54) is 18.2 Å². The zero-order valence-corrected chi connectivity index (χ0v) is 13.5. The normalized spacial score (nSPS) is 19.5. The van der Waals surface area contributed by atoms with E-state index in [-0.39, 0.29) is 5.91 Å². The first kappa shape index (κ1) is 14.7. The van der Waals surface area contributed by atoms with E-state index in [0.717, 1.165) is 34.4 Å². The lowest BCUT2D eigenvalue weighted by molar-refractivity contribution is -0.131. The summed E-state index contributed by atoms with van der Waals surface area (Å²) >= 11 is 4.94. The molecule has 1 heterocycles. The fourth-order valence-electron chi connectivity index (χ4n) is 2.32. The summed E-state index contributed by atoms with van der Waals surface area (Å²) in [7, 11) is 0. The number of hydrogen-bond donors (Lipinski definition) is 1. The Bertz CT molecular complexity index is 467. The Morgan fingerprint density at radius 2 is 2.32 bits per heavy atom. The molecule has 19 heavy (non-hydrogen) atoms. The molecule has 0 spiro atoms. The molecule has 104 valence electrons. The van der Waals surface area contributed by atoms with Crippen molar-refractivity contribution in [3.8, 4) is 0 Å². The molecular formula is C14H19BrN2OS. The number of benzene rings is 1. The fourth-order valence-corrected chi connectivity index (χ4v) is 3.73. The summed E-state index contributed by atoms with van der Waals surface area (Å²) in [4.78, 5) is 15.2. The van der Waals surface area contributed by atoms with Crippen LogP contribution in [0, 0.1) is 0 Å². The molecule has 1 aliphatic rings. The van der Waals surface area contributed by atoms with E-state index in [1.807, 2.05) is 23.1 Å². The van der Waals surface area contributed by atoms with Crippen molar-refractivity contribution in [2.24, 2.45) is 0 Å². The quantitative estimate of drug-likeness (QED) is 0.675. The summed E-state index contributed by atoms with van der Waals surface area (Å²) in [6.07, 6.45) is 3.48. The van der Waals surface area contributed by atoms with Crippen molar-refractivity contribution in [2.75, 3.05) is 18.0 Å². The summed E-state index contributed by atoms with van der Waals surface area (Å²) in [5.74, 6) is 0.682. The molecular weight excluding hydrogens is 324 g/mol. The van der Waals surface area contributed by atoms with E-state index in [2.05, 4.69) is 22.9 Å². The van der Waals surface area contributed by atoms with Crippen molar-refractivity contribution in [3.63, 3.8) is 0 Å². The fraction of sp³-hybridized carbons (Fsp3) is 0.500. The Hall–Kier alpha value is -0.680. The van der Waals surface area contributed by atoms with Gasteiger partial charge in [-0.15, -0.1) is 11.8 Å². The maximum Gasteiger partial charge on any atom is 0.233 e. The molecule has 3 nitrogen and oxygen atoms in total. The third kappa shape index (κ3) is 3.89. The van der Waals surface area contributed by atoms with Gasteiger partial charge in [0.1, 0.15) is 0 Å². The molecule has 0 aliphatic carbocycles. The van der Waals surface area contributed by atoms with Gasteiger partial charge in [0.05, 0.1) is 5.75 Å². The lowest BCUT2D eigenvalue weighted by Gasteiger charge is -2.33. The molecule has 0 bridgehead atoms. The first-order valence-electron chi connectivity index (χ1n) is 6.55. The van der Waals surface area contributed by atoms with Gasteiger partial charge in [-0.2, -0.15) is 0 Å². The van der Waals surface area contributed by atoms with Crippen LogP contribution in [0.5, 0.6) is 0 Å². The Kier molecular flexibility index (Phi) is 5.16. The number of rotatable bonds is 3. The van der Waals surface area contributed by atoms with Gasteiger partial charge in [-0.25, -0.2) is 0 Å². The predicted molar refractivity (Wildman–Crippen MR) is 84.3 cm³/mol. The van der Waals surface area contributed by atoms with Crippen LogP contribution in [-0.4, -0.2) is 29.1 Å². The summed E-state index contributed by atoms with van der Waals surface area (Å²) in [6, 6.07) is 6.11. The number of piperidine rings is 1. The Morgan fingerprint density at radius 3 is 3.05 bits per heavy atom. The molecule has 1 amide bonds. The van der Waals surface area contributed by atoms with Gasteiger partial charge < -0.3 is 10.6 Å². The first-order valence-corrected chi connectivity index (χ1v) is 8.33. The molecule has 0 saturated carbocycles. The first-order chi connectivity index (χ1) is 9.08. The average molecular weight is 343 g/mol. The van der Waals surface area contributed by atoms with Crippen molar-refractivity contribution >= 4 is 39.3 Å². The SMILES string of the molecule is CC1CCCCN1C(=O)CSc1cc(Br)ccc1N. The summed E-state index contributed by atoms with van der Waals surface area (Å²) in [5, 5.41) is 0. The number of carbonyl (C=O) groups is 1. The number of anilines is 1. The second-order valence-corrected chi connectivity index (χ2v) is 6.84. The zero-order chi connectivity index (χ0) is 13.8. The van der Waals surface area contributed by atoms with Gasteiger partial charge in [-0.1, -0.05) is 15.9 Å². The summed E-state index contributed by atoms with van der Waals surface area (Å²) in [5.41, 5.74) is 6.64. The minimum Gasteiger partial charge on any atom is -0.398 e. The van der Waals surface area contributed by atoms with E-state index in [1.54, 1.807) is 0 Å². The molecule has 1 aromatic rings. The smallest absolute Gasteiger partial charge is 0.233 e. The average Bonchev–Trinajstić information content (AvgIpc) is 2.40. The molecule has 0 radical (unpaired) electrons. The van der Waals surface area contributed by atoms with Crippen LogP contribution in [0.25, 0.3) is 0 Å². The van der Waals surface area contributed by atoms with Crippen LogP contribution < -0.4 is 5.73 Å². The monoisotopic (exact) mass is 342 g/mol. The standard InChI is InChI=1S/C14H19BrN2OS/c1-10-4-2-3-7-17(10)14(18)9-19-13-8-11(15)5-6-12(13)16/h5-6,8,10H,2-4,7,9,16H2,1H3. The van der Waals surface area contributed by atoms with Crippen LogP contribution in [0.2, 0.25) is 0 Å². The lowest BCUT2D eigenvalue weighted by atomic mass is 10.0. The molecule has 1 saturated heterocycles. The van der Waals surface area contributed by atoms with Crippen molar-refractivity contribution in [1.82, 2.24) is 4.90 Å². The van der Waals surface area contributed by atoms with Crippen molar-refractivity contribution in [1.29, 1.82) is 0 Å². The highest BCUT2D eigenvalue weighted by atomic mass is 79.9. The third-order valence-electron chi connectivity index (χ3n) is 3.45. The van der Waals surface area contributed by atoms with E-state index >= 15 is 0 Å².